The molecule has 6 nitrogen and oxygen atoms in total. The minimum absolute atomic E-state index is 0.0442. The Morgan fingerprint density at radius 1 is 1.35 bits per heavy atom. The Kier molecular flexibility index (Phi) is 3.82. The zero-order chi connectivity index (χ0) is 18.5. The third kappa shape index (κ3) is 2.50. The Hall–Kier alpha value is -2.37. The molecule has 3 aliphatic rings. The number of ether oxygens (including phenoxy) is 1. The first-order valence-electron chi connectivity index (χ1n) is 9.24. The van der Waals surface area contributed by atoms with Crippen LogP contribution in [0.25, 0.3) is 0 Å². The zero-order valence-corrected chi connectivity index (χ0v) is 15.5. The van der Waals surface area contributed by atoms with Crippen LogP contribution in [-0.2, 0) is 9.59 Å². The van der Waals surface area contributed by atoms with Crippen molar-refractivity contribution in [2.75, 3.05) is 5.32 Å². The first-order valence-corrected chi connectivity index (χ1v) is 9.24. The topological polar surface area (TPSA) is 79.8 Å². The zero-order valence-electron chi connectivity index (χ0n) is 15.5. The number of hydrazone groups is 1. The van der Waals surface area contributed by atoms with E-state index in [1.807, 2.05) is 12.1 Å². The molecule has 2 amide bonds. The van der Waals surface area contributed by atoms with Crippen LogP contribution in [0.4, 0.5) is 5.69 Å². The largest absolute Gasteiger partial charge is 0.478 e. The molecule has 0 unspecified atom stereocenters. The van der Waals surface area contributed by atoms with Gasteiger partial charge in [-0.25, -0.2) is 5.43 Å². The van der Waals surface area contributed by atoms with Gasteiger partial charge in [-0.3, -0.25) is 9.59 Å². The fourth-order valence-corrected chi connectivity index (χ4v) is 4.67. The van der Waals surface area contributed by atoms with E-state index in [1.54, 1.807) is 12.1 Å². The Balaban J connectivity index is 1.40. The second-order valence-corrected chi connectivity index (χ2v) is 8.38. The van der Waals surface area contributed by atoms with E-state index >= 15 is 0 Å². The summed E-state index contributed by atoms with van der Waals surface area (Å²) in [4.78, 5) is 24.5. The normalized spacial score (nSPS) is 32.7. The fraction of sp³-hybridized carbons (Fsp3) is 0.550. The van der Waals surface area contributed by atoms with E-state index in [1.165, 1.54) is 6.42 Å². The van der Waals surface area contributed by atoms with Crippen molar-refractivity contribution in [3.05, 3.63) is 24.3 Å². The number of carbonyl (C=O) groups is 2. The predicted octanol–water partition coefficient (Wildman–Crippen LogP) is 3.09. The van der Waals surface area contributed by atoms with Crippen molar-refractivity contribution in [2.45, 2.75) is 52.6 Å². The molecule has 2 saturated carbocycles. The van der Waals surface area contributed by atoms with Gasteiger partial charge in [-0.05, 0) is 42.7 Å². The Bertz CT molecular complexity index is 801. The van der Waals surface area contributed by atoms with Gasteiger partial charge in [-0.15, -0.1) is 0 Å². The van der Waals surface area contributed by atoms with Crippen LogP contribution in [0.5, 0.6) is 5.75 Å². The first-order chi connectivity index (χ1) is 12.3. The van der Waals surface area contributed by atoms with Crippen LogP contribution in [0.1, 0.15) is 46.5 Å². The molecular formula is C20H25N3O3. The maximum Gasteiger partial charge on any atom is 0.266 e. The molecule has 138 valence electrons. The SMILES string of the molecule is CC1(C)[C@@H]2CC[C@@]1(C)/C(=N/NC(=O)C[C@H]1Oc3ccccc3NC1=O)C2. The number of hydrogen-bond donors (Lipinski definition) is 2. The monoisotopic (exact) mass is 355 g/mol. The minimum Gasteiger partial charge on any atom is -0.478 e. The molecule has 1 aromatic carbocycles. The quantitative estimate of drug-likeness (QED) is 0.818. The molecule has 2 N–H and O–H groups in total. The number of benzene rings is 1. The molecule has 2 bridgehead atoms. The molecule has 2 aliphatic carbocycles. The summed E-state index contributed by atoms with van der Waals surface area (Å²) in [5.41, 5.74) is 4.62. The van der Waals surface area contributed by atoms with Gasteiger partial charge in [0.1, 0.15) is 5.75 Å². The van der Waals surface area contributed by atoms with E-state index in [9.17, 15) is 9.59 Å². The van der Waals surface area contributed by atoms with Gasteiger partial charge in [0.15, 0.2) is 6.10 Å². The number of amides is 2. The van der Waals surface area contributed by atoms with Gasteiger partial charge in [0, 0.05) is 11.1 Å². The van der Waals surface area contributed by atoms with E-state index in [2.05, 4.69) is 36.6 Å². The van der Waals surface area contributed by atoms with Crippen molar-refractivity contribution >= 4 is 23.2 Å². The number of anilines is 1. The summed E-state index contributed by atoms with van der Waals surface area (Å²) in [5, 5.41) is 7.21. The Morgan fingerprint density at radius 3 is 2.81 bits per heavy atom. The summed E-state index contributed by atoms with van der Waals surface area (Å²) in [6, 6.07) is 7.20. The number of para-hydroxylation sites is 2. The van der Waals surface area contributed by atoms with Crippen LogP contribution < -0.4 is 15.5 Å². The molecule has 1 heterocycles. The van der Waals surface area contributed by atoms with Gasteiger partial charge in [0.05, 0.1) is 12.1 Å². The van der Waals surface area contributed by atoms with Gasteiger partial charge in [0.2, 0.25) is 5.91 Å². The van der Waals surface area contributed by atoms with Gasteiger partial charge in [-0.1, -0.05) is 32.9 Å². The molecule has 1 aliphatic heterocycles. The van der Waals surface area contributed by atoms with E-state index in [4.69, 9.17) is 4.74 Å². The van der Waals surface area contributed by atoms with Gasteiger partial charge >= 0.3 is 0 Å². The summed E-state index contributed by atoms with van der Waals surface area (Å²) < 4.78 is 5.67. The maximum absolute atomic E-state index is 12.3. The van der Waals surface area contributed by atoms with Crippen molar-refractivity contribution in [1.82, 2.24) is 5.43 Å². The molecule has 0 aromatic heterocycles. The Labute approximate surface area is 153 Å². The minimum atomic E-state index is -0.836. The van der Waals surface area contributed by atoms with Gasteiger partial charge < -0.3 is 10.1 Å². The highest BCUT2D eigenvalue weighted by molar-refractivity contribution is 6.00. The molecule has 0 radical (unpaired) electrons. The summed E-state index contributed by atoms with van der Waals surface area (Å²) >= 11 is 0. The molecule has 26 heavy (non-hydrogen) atoms. The smallest absolute Gasteiger partial charge is 0.266 e. The summed E-state index contributed by atoms with van der Waals surface area (Å²) in [6.07, 6.45) is 2.39. The van der Waals surface area contributed by atoms with E-state index in [0.29, 0.717) is 17.4 Å². The standard InChI is InChI=1S/C20H25N3O3/c1-19(2)12-8-9-20(19,3)16(10-12)22-23-17(24)11-15-18(25)21-13-6-4-5-7-14(13)26-15/h4-7,12,15H,8-11H2,1-3H3,(H,21,25)(H,23,24)/b22-16+/t12-,15-,20+/m1/s1. The van der Waals surface area contributed by atoms with E-state index in [-0.39, 0.29) is 29.1 Å². The number of nitrogens with zero attached hydrogens (tertiary/aromatic N) is 1. The number of nitrogens with one attached hydrogen (secondary N) is 2. The highest BCUT2D eigenvalue weighted by Crippen LogP contribution is 2.63. The fourth-order valence-electron chi connectivity index (χ4n) is 4.67. The lowest BCUT2D eigenvalue weighted by Gasteiger charge is -2.34. The van der Waals surface area contributed by atoms with Crippen molar-refractivity contribution < 1.29 is 14.3 Å². The molecular weight excluding hydrogens is 330 g/mol. The number of carbonyl (C=O) groups excluding carboxylic acids is 2. The predicted molar refractivity (Wildman–Crippen MR) is 98.9 cm³/mol. The molecule has 2 fully saturated rings. The molecule has 4 rings (SSSR count). The van der Waals surface area contributed by atoms with Gasteiger partial charge in [0.25, 0.3) is 5.91 Å². The van der Waals surface area contributed by atoms with Crippen LogP contribution in [0.15, 0.2) is 29.4 Å². The molecule has 0 spiro atoms. The summed E-state index contributed by atoms with van der Waals surface area (Å²) in [5.74, 6) is 0.603. The van der Waals surface area contributed by atoms with Crippen LogP contribution >= 0.6 is 0 Å². The van der Waals surface area contributed by atoms with Crippen LogP contribution in [-0.4, -0.2) is 23.6 Å². The third-order valence-corrected chi connectivity index (χ3v) is 6.91. The van der Waals surface area contributed by atoms with Crippen molar-refractivity contribution in [2.24, 2.45) is 21.8 Å². The lowest BCUT2D eigenvalue weighted by atomic mass is 9.70. The first kappa shape index (κ1) is 17.1. The van der Waals surface area contributed by atoms with Gasteiger partial charge in [-0.2, -0.15) is 5.10 Å². The Morgan fingerprint density at radius 2 is 2.12 bits per heavy atom. The summed E-state index contributed by atoms with van der Waals surface area (Å²) in [7, 11) is 0. The molecule has 0 saturated heterocycles. The van der Waals surface area contributed by atoms with E-state index < -0.39 is 6.10 Å². The third-order valence-electron chi connectivity index (χ3n) is 6.91. The molecule has 6 heteroatoms. The number of fused-ring (bicyclic) bond motifs is 3. The van der Waals surface area contributed by atoms with Crippen LogP contribution in [0.2, 0.25) is 0 Å². The van der Waals surface area contributed by atoms with Crippen molar-refractivity contribution in [3.63, 3.8) is 0 Å². The average molecular weight is 355 g/mol. The second-order valence-electron chi connectivity index (χ2n) is 8.38. The van der Waals surface area contributed by atoms with Crippen LogP contribution in [0.3, 0.4) is 0 Å². The van der Waals surface area contributed by atoms with Crippen molar-refractivity contribution in [1.29, 1.82) is 0 Å². The molecule has 3 atom stereocenters. The van der Waals surface area contributed by atoms with Crippen LogP contribution in [0, 0.1) is 16.7 Å². The lowest BCUT2D eigenvalue weighted by Crippen LogP contribution is -2.40. The highest BCUT2D eigenvalue weighted by atomic mass is 16.5. The highest BCUT2D eigenvalue weighted by Gasteiger charge is 2.60. The number of rotatable bonds is 3. The lowest BCUT2D eigenvalue weighted by molar-refractivity contribution is -0.130. The molecule has 1 aromatic rings. The average Bonchev–Trinajstić information content (AvgIpc) is 2.94. The maximum atomic E-state index is 12.3. The van der Waals surface area contributed by atoms with Crippen molar-refractivity contribution in [3.8, 4) is 5.75 Å². The summed E-state index contributed by atoms with van der Waals surface area (Å²) in [6.45, 7) is 6.85. The number of hydrogen-bond acceptors (Lipinski definition) is 4. The van der Waals surface area contributed by atoms with E-state index in [0.717, 1.165) is 18.6 Å². The second kappa shape index (κ2) is 5.83.